The second kappa shape index (κ2) is 5.36. The summed E-state index contributed by atoms with van der Waals surface area (Å²) in [6.07, 6.45) is -1.19. The lowest BCUT2D eigenvalue weighted by Gasteiger charge is -2.41. The first-order chi connectivity index (χ1) is 9.27. The molecule has 1 aliphatic heterocycles. The molecule has 1 fully saturated rings. The normalized spacial score (nSPS) is 25.3. The Balaban J connectivity index is 1.95. The molecule has 0 bridgehead atoms. The summed E-state index contributed by atoms with van der Waals surface area (Å²) in [5.74, 6) is -2.98. The molecule has 6 heteroatoms. The van der Waals surface area contributed by atoms with Crippen LogP contribution in [0.15, 0.2) is 30.3 Å². The van der Waals surface area contributed by atoms with Gasteiger partial charge < -0.3 is 15.4 Å². The molecule has 1 unspecified atom stereocenters. The molecule has 2 N–H and O–H groups in total. The van der Waals surface area contributed by atoms with E-state index >= 15 is 0 Å². The monoisotopic (exact) mass is 284 g/mol. The van der Waals surface area contributed by atoms with Crippen LogP contribution in [0.5, 0.6) is 0 Å². The third kappa shape index (κ3) is 3.90. The number of hydrogen-bond donors (Lipinski definition) is 1. The van der Waals surface area contributed by atoms with Gasteiger partial charge in [0, 0.05) is 18.5 Å². The summed E-state index contributed by atoms with van der Waals surface area (Å²) < 4.78 is 32.1. The highest BCUT2D eigenvalue weighted by Crippen LogP contribution is 2.31. The summed E-state index contributed by atoms with van der Waals surface area (Å²) in [5, 5.41) is 0. The minimum absolute atomic E-state index is 0.0586. The summed E-state index contributed by atoms with van der Waals surface area (Å²) in [6, 6.07) is 9.07. The van der Waals surface area contributed by atoms with E-state index < -0.39 is 30.5 Å². The van der Waals surface area contributed by atoms with Crippen molar-refractivity contribution >= 4 is 6.09 Å². The number of carbonyl (C=O) groups excluding carboxylic acids is 1. The van der Waals surface area contributed by atoms with E-state index in [-0.39, 0.29) is 13.2 Å². The Morgan fingerprint density at radius 2 is 2.00 bits per heavy atom. The third-order valence-corrected chi connectivity index (χ3v) is 3.10. The molecule has 110 valence electrons. The molecule has 1 saturated heterocycles. The minimum atomic E-state index is -2.98. The number of nitrogens with two attached hydrogens (primary N) is 1. The summed E-state index contributed by atoms with van der Waals surface area (Å²) in [4.78, 5) is 12.8. The predicted molar refractivity (Wildman–Crippen MR) is 70.4 cm³/mol. The van der Waals surface area contributed by atoms with Gasteiger partial charge in [0.15, 0.2) is 0 Å². The van der Waals surface area contributed by atoms with Crippen LogP contribution in [0.1, 0.15) is 18.9 Å². The van der Waals surface area contributed by atoms with Crippen molar-refractivity contribution in [3.63, 3.8) is 0 Å². The average Bonchev–Trinajstić information content (AvgIpc) is 2.33. The van der Waals surface area contributed by atoms with Crippen LogP contribution in [0, 0.1) is 0 Å². The van der Waals surface area contributed by atoms with Gasteiger partial charge in [0.05, 0.1) is 6.54 Å². The third-order valence-electron chi connectivity index (χ3n) is 3.10. The standard InChI is InChI=1S/C14H18F2N2O2/c1-13(17)8-14(15,16)10-18(9-13)12(19)20-7-11-5-3-2-4-6-11/h2-6H,7-10,17H2,1H3. The molecule has 0 aromatic heterocycles. The molecule has 0 radical (unpaired) electrons. The first-order valence-electron chi connectivity index (χ1n) is 6.40. The van der Waals surface area contributed by atoms with Gasteiger partial charge in [-0.2, -0.15) is 0 Å². The second-order valence-corrected chi connectivity index (χ2v) is 5.58. The molecule has 1 atom stereocenters. The molecule has 4 nitrogen and oxygen atoms in total. The Kier molecular flexibility index (Phi) is 3.94. The number of ether oxygens (including phenoxy) is 1. The highest BCUT2D eigenvalue weighted by Gasteiger charge is 2.46. The van der Waals surface area contributed by atoms with E-state index in [4.69, 9.17) is 10.5 Å². The van der Waals surface area contributed by atoms with Crippen LogP contribution in [-0.2, 0) is 11.3 Å². The number of nitrogens with zero attached hydrogens (tertiary/aromatic N) is 1. The lowest BCUT2D eigenvalue weighted by Crippen LogP contribution is -2.60. The molecule has 20 heavy (non-hydrogen) atoms. The Hall–Kier alpha value is -1.69. The first kappa shape index (κ1) is 14.7. The van der Waals surface area contributed by atoms with Gasteiger partial charge in [0.2, 0.25) is 0 Å². The molecule has 1 heterocycles. The van der Waals surface area contributed by atoms with E-state index in [1.165, 1.54) is 6.92 Å². The van der Waals surface area contributed by atoms with Crippen molar-refractivity contribution < 1.29 is 18.3 Å². The molecule has 0 aliphatic carbocycles. The number of alkyl halides is 2. The molecule has 0 spiro atoms. The Bertz CT molecular complexity index is 461. The summed E-state index contributed by atoms with van der Waals surface area (Å²) in [6.45, 7) is 0.990. The fraction of sp³-hybridized carbons (Fsp3) is 0.500. The van der Waals surface area contributed by atoms with Crippen molar-refractivity contribution in [2.75, 3.05) is 13.1 Å². The smallest absolute Gasteiger partial charge is 0.410 e. The topological polar surface area (TPSA) is 55.6 Å². The lowest BCUT2D eigenvalue weighted by atomic mass is 9.90. The predicted octanol–water partition coefficient (Wildman–Crippen LogP) is 2.38. The van der Waals surface area contributed by atoms with E-state index in [2.05, 4.69) is 0 Å². The van der Waals surface area contributed by atoms with Gasteiger partial charge in [-0.25, -0.2) is 13.6 Å². The van der Waals surface area contributed by atoms with Crippen molar-refractivity contribution in [1.82, 2.24) is 4.90 Å². The zero-order valence-electron chi connectivity index (χ0n) is 11.3. The number of hydrogen-bond acceptors (Lipinski definition) is 3. The average molecular weight is 284 g/mol. The van der Waals surface area contributed by atoms with Gasteiger partial charge in [0.25, 0.3) is 5.92 Å². The maximum atomic E-state index is 13.5. The Morgan fingerprint density at radius 1 is 1.35 bits per heavy atom. The molecule has 1 amide bonds. The van der Waals surface area contributed by atoms with Crippen molar-refractivity contribution in [2.45, 2.75) is 31.4 Å². The van der Waals surface area contributed by atoms with Crippen LogP contribution in [-0.4, -0.2) is 35.5 Å². The zero-order chi connectivity index (χ0) is 14.8. The van der Waals surface area contributed by atoms with E-state index in [9.17, 15) is 13.6 Å². The van der Waals surface area contributed by atoms with Crippen LogP contribution in [0.2, 0.25) is 0 Å². The summed E-state index contributed by atoms with van der Waals surface area (Å²) in [7, 11) is 0. The SMILES string of the molecule is CC1(N)CN(C(=O)OCc2ccccc2)CC(F)(F)C1. The molecule has 1 aliphatic rings. The van der Waals surface area contributed by atoms with Gasteiger partial charge in [-0.1, -0.05) is 30.3 Å². The molecule has 1 aromatic carbocycles. The number of rotatable bonds is 2. The number of likely N-dealkylation sites (tertiary alicyclic amines) is 1. The van der Waals surface area contributed by atoms with Crippen molar-refractivity contribution in [1.29, 1.82) is 0 Å². The highest BCUT2D eigenvalue weighted by atomic mass is 19.3. The zero-order valence-corrected chi connectivity index (χ0v) is 11.3. The van der Waals surface area contributed by atoms with Crippen LogP contribution < -0.4 is 5.73 Å². The lowest BCUT2D eigenvalue weighted by molar-refractivity contribution is -0.0838. The summed E-state index contributed by atoms with van der Waals surface area (Å²) >= 11 is 0. The number of halogens is 2. The number of carbonyl (C=O) groups is 1. The van der Waals surface area contributed by atoms with Crippen molar-refractivity contribution in [3.8, 4) is 0 Å². The molecule has 2 rings (SSSR count). The summed E-state index contributed by atoms with van der Waals surface area (Å²) in [5.41, 5.74) is 5.46. The quantitative estimate of drug-likeness (QED) is 0.907. The molecular weight excluding hydrogens is 266 g/mol. The second-order valence-electron chi connectivity index (χ2n) is 5.58. The van der Waals surface area contributed by atoms with Crippen LogP contribution >= 0.6 is 0 Å². The van der Waals surface area contributed by atoms with Crippen LogP contribution in [0.3, 0.4) is 0 Å². The van der Waals surface area contributed by atoms with Gasteiger partial charge in [0.1, 0.15) is 6.61 Å². The van der Waals surface area contributed by atoms with Gasteiger partial charge in [-0.3, -0.25) is 0 Å². The van der Waals surface area contributed by atoms with Crippen LogP contribution in [0.25, 0.3) is 0 Å². The van der Waals surface area contributed by atoms with Crippen molar-refractivity contribution in [3.05, 3.63) is 35.9 Å². The fourth-order valence-corrected chi connectivity index (χ4v) is 2.41. The number of amides is 1. The Morgan fingerprint density at radius 3 is 2.60 bits per heavy atom. The molecular formula is C14H18F2N2O2. The number of benzene rings is 1. The van der Waals surface area contributed by atoms with Crippen LogP contribution in [0.4, 0.5) is 13.6 Å². The van der Waals surface area contributed by atoms with E-state index in [0.717, 1.165) is 10.5 Å². The number of piperidine rings is 1. The van der Waals surface area contributed by atoms with E-state index in [1.807, 2.05) is 18.2 Å². The van der Waals surface area contributed by atoms with Gasteiger partial charge >= 0.3 is 6.09 Å². The molecule has 0 saturated carbocycles. The maximum Gasteiger partial charge on any atom is 0.410 e. The van der Waals surface area contributed by atoms with Gasteiger partial charge in [-0.15, -0.1) is 0 Å². The highest BCUT2D eigenvalue weighted by molar-refractivity contribution is 5.68. The van der Waals surface area contributed by atoms with E-state index in [1.54, 1.807) is 12.1 Å². The Labute approximate surface area is 116 Å². The van der Waals surface area contributed by atoms with E-state index in [0.29, 0.717) is 0 Å². The minimum Gasteiger partial charge on any atom is -0.445 e. The maximum absolute atomic E-state index is 13.5. The van der Waals surface area contributed by atoms with Gasteiger partial charge in [-0.05, 0) is 12.5 Å². The molecule has 1 aromatic rings. The largest absolute Gasteiger partial charge is 0.445 e. The first-order valence-corrected chi connectivity index (χ1v) is 6.40. The fourth-order valence-electron chi connectivity index (χ4n) is 2.41. The van der Waals surface area contributed by atoms with Crippen molar-refractivity contribution in [2.24, 2.45) is 5.73 Å².